The molecule has 0 spiro atoms. The van der Waals surface area contributed by atoms with E-state index >= 15 is 0 Å². The van der Waals surface area contributed by atoms with E-state index in [2.05, 4.69) is 30.9 Å². The Labute approximate surface area is 149 Å². The number of halogens is 1. The van der Waals surface area contributed by atoms with Crippen molar-refractivity contribution in [2.24, 2.45) is 5.92 Å². The SMILES string of the molecule is O=C(N[C@@H]1CC(Cn2cccn2)C[C@H]1O)c1cc(Br)n2c1CCC2. The van der Waals surface area contributed by atoms with Crippen LogP contribution in [0.15, 0.2) is 29.1 Å². The molecule has 6 nitrogen and oxygen atoms in total. The van der Waals surface area contributed by atoms with Crippen molar-refractivity contribution in [1.29, 1.82) is 0 Å². The fourth-order valence-electron chi connectivity index (χ4n) is 4.01. The first-order valence-corrected chi connectivity index (χ1v) is 9.25. The van der Waals surface area contributed by atoms with E-state index in [9.17, 15) is 9.90 Å². The van der Waals surface area contributed by atoms with Crippen molar-refractivity contribution in [2.75, 3.05) is 0 Å². The Kier molecular flexibility index (Phi) is 4.22. The first-order valence-electron chi connectivity index (χ1n) is 8.46. The normalized spacial score (nSPS) is 25.8. The second-order valence-corrected chi connectivity index (χ2v) is 7.61. The van der Waals surface area contributed by atoms with E-state index < -0.39 is 6.10 Å². The van der Waals surface area contributed by atoms with Gasteiger partial charge in [0.05, 0.1) is 22.3 Å². The van der Waals surface area contributed by atoms with Gasteiger partial charge in [-0.1, -0.05) is 0 Å². The molecule has 1 saturated carbocycles. The van der Waals surface area contributed by atoms with E-state index in [-0.39, 0.29) is 11.9 Å². The Morgan fingerprint density at radius 1 is 1.46 bits per heavy atom. The van der Waals surface area contributed by atoms with Gasteiger partial charge in [-0.05, 0) is 59.7 Å². The fourth-order valence-corrected chi connectivity index (χ4v) is 4.63. The van der Waals surface area contributed by atoms with Crippen molar-refractivity contribution < 1.29 is 9.90 Å². The molecular formula is C17H21BrN4O2. The molecule has 1 aliphatic carbocycles. The molecule has 1 unspecified atom stereocenters. The Hall–Kier alpha value is -1.60. The molecule has 3 heterocycles. The van der Waals surface area contributed by atoms with Crippen LogP contribution in [0.3, 0.4) is 0 Å². The van der Waals surface area contributed by atoms with Gasteiger partial charge in [0.15, 0.2) is 0 Å². The van der Waals surface area contributed by atoms with E-state index in [0.29, 0.717) is 12.3 Å². The molecular weight excluding hydrogens is 372 g/mol. The first-order chi connectivity index (χ1) is 11.6. The van der Waals surface area contributed by atoms with Crippen LogP contribution in [0.5, 0.6) is 0 Å². The third-order valence-corrected chi connectivity index (χ3v) is 5.80. The number of aliphatic hydroxyl groups excluding tert-OH is 1. The zero-order valence-electron chi connectivity index (χ0n) is 13.4. The lowest BCUT2D eigenvalue weighted by Crippen LogP contribution is -2.40. The van der Waals surface area contributed by atoms with Crippen LogP contribution in [0.2, 0.25) is 0 Å². The molecule has 0 saturated heterocycles. The number of aromatic nitrogens is 3. The second-order valence-electron chi connectivity index (χ2n) is 6.80. The van der Waals surface area contributed by atoms with Crippen LogP contribution < -0.4 is 5.32 Å². The number of rotatable bonds is 4. The van der Waals surface area contributed by atoms with Gasteiger partial charge in [-0.3, -0.25) is 9.48 Å². The van der Waals surface area contributed by atoms with Gasteiger partial charge in [0.2, 0.25) is 0 Å². The number of hydrogen-bond donors (Lipinski definition) is 2. The van der Waals surface area contributed by atoms with Crippen molar-refractivity contribution in [1.82, 2.24) is 19.7 Å². The molecule has 4 rings (SSSR count). The summed E-state index contributed by atoms with van der Waals surface area (Å²) >= 11 is 3.53. The highest BCUT2D eigenvalue weighted by Gasteiger charge is 2.35. The van der Waals surface area contributed by atoms with Crippen LogP contribution in [0.4, 0.5) is 0 Å². The van der Waals surface area contributed by atoms with Crippen LogP contribution in [-0.2, 0) is 19.5 Å². The van der Waals surface area contributed by atoms with Crippen molar-refractivity contribution in [3.8, 4) is 0 Å². The monoisotopic (exact) mass is 392 g/mol. The standard InChI is InChI=1S/C17H21BrN4O2/c18-16-9-12(14-3-1-6-22(14)16)17(24)20-13-7-11(8-15(13)23)10-21-5-2-4-19-21/h2,4-5,9,11,13,15,23H,1,3,6-8,10H2,(H,20,24)/t11?,13-,15-/m1/s1. The second kappa shape index (κ2) is 6.37. The van der Waals surface area contributed by atoms with Crippen LogP contribution in [0.1, 0.15) is 35.3 Å². The molecule has 24 heavy (non-hydrogen) atoms. The average molecular weight is 393 g/mol. The zero-order chi connectivity index (χ0) is 16.7. The largest absolute Gasteiger partial charge is 0.391 e. The van der Waals surface area contributed by atoms with Crippen molar-refractivity contribution in [3.63, 3.8) is 0 Å². The van der Waals surface area contributed by atoms with E-state index in [1.54, 1.807) is 6.20 Å². The van der Waals surface area contributed by atoms with E-state index in [4.69, 9.17) is 0 Å². The maximum atomic E-state index is 12.7. The Balaban J connectivity index is 1.42. The predicted octanol–water partition coefficient (Wildman–Crippen LogP) is 1.96. The third-order valence-electron chi connectivity index (χ3n) is 5.15. The van der Waals surface area contributed by atoms with Crippen LogP contribution in [0.25, 0.3) is 0 Å². The summed E-state index contributed by atoms with van der Waals surface area (Å²) in [6.45, 7) is 1.74. The molecule has 2 aromatic heterocycles. The molecule has 3 atom stereocenters. The number of hydrogen-bond acceptors (Lipinski definition) is 3. The molecule has 1 amide bonds. The molecule has 1 fully saturated rings. The number of amides is 1. The van der Waals surface area contributed by atoms with Crippen molar-refractivity contribution in [2.45, 2.75) is 50.9 Å². The highest BCUT2D eigenvalue weighted by Crippen LogP contribution is 2.30. The van der Waals surface area contributed by atoms with Gasteiger partial charge in [0.1, 0.15) is 0 Å². The minimum Gasteiger partial charge on any atom is -0.391 e. The van der Waals surface area contributed by atoms with Crippen LogP contribution >= 0.6 is 15.9 Å². The van der Waals surface area contributed by atoms with E-state index in [1.165, 1.54) is 0 Å². The van der Waals surface area contributed by atoms with Crippen molar-refractivity contribution in [3.05, 3.63) is 40.4 Å². The van der Waals surface area contributed by atoms with E-state index in [0.717, 1.165) is 48.2 Å². The number of carbonyl (C=O) groups is 1. The van der Waals surface area contributed by atoms with Gasteiger partial charge in [0.25, 0.3) is 5.91 Å². The highest BCUT2D eigenvalue weighted by molar-refractivity contribution is 9.10. The number of aliphatic hydroxyl groups is 1. The first kappa shape index (κ1) is 15.9. The maximum absolute atomic E-state index is 12.7. The molecule has 0 radical (unpaired) electrons. The average Bonchev–Trinajstić information content (AvgIpc) is 3.29. The minimum atomic E-state index is -0.492. The third kappa shape index (κ3) is 2.91. The van der Waals surface area contributed by atoms with Gasteiger partial charge < -0.3 is 15.0 Å². The number of fused-ring (bicyclic) bond motifs is 1. The lowest BCUT2D eigenvalue weighted by Gasteiger charge is -2.16. The lowest BCUT2D eigenvalue weighted by molar-refractivity contribution is 0.0872. The lowest BCUT2D eigenvalue weighted by atomic mass is 10.1. The molecule has 0 bridgehead atoms. The molecule has 2 aromatic rings. The summed E-state index contributed by atoms with van der Waals surface area (Å²) in [5.74, 6) is 0.256. The van der Waals surface area contributed by atoms with Gasteiger partial charge in [-0.15, -0.1) is 0 Å². The number of nitrogens with zero attached hydrogens (tertiary/aromatic N) is 3. The number of nitrogens with one attached hydrogen (secondary N) is 1. The summed E-state index contributed by atoms with van der Waals surface area (Å²) in [5.41, 5.74) is 1.84. The van der Waals surface area contributed by atoms with Crippen molar-refractivity contribution >= 4 is 21.8 Å². The molecule has 128 valence electrons. The predicted molar refractivity (Wildman–Crippen MR) is 92.7 cm³/mol. The quantitative estimate of drug-likeness (QED) is 0.835. The maximum Gasteiger partial charge on any atom is 0.253 e. The topological polar surface area (TPSA) is 72.1 Å². The number of carbonyl (C=O) groups excluding carboxylic acids is 1. The van der Waals surface area contributed by atoms with Crippen LogP contribution in [0, 0.1) is 5.92 Å². The smallest absolute Gasteiger partial charge is 0.253 e. The summed E-state index contributed by atoms with van der Waals surface area (Å²) in [6, 6.07) is 3.61. The molecule has 7 heteroatoms. The minimum absolute atomic E-state index is 0.0739. The zero-order valence-corrected chi connectivity index (χ0v) is 14.9. The Bertz CT molecular complexity index is 740. The van der Waals surface area contributed by atoms with E-state index in [1.807, 2.05) is 23.0 Å². The van der Waals surface area contributed by atoms with Crippen LogP contribution in [-0.4, -0.2) is 37.5 Å². The van der Waals surface area contributed by atoms with Gasteiger partial charge in [0, 0.05) is 31.2 Å². The summed E-state index contributed by atoms with van der Waals surface area (Å²) in [7, 11) is 0. The highest BCUT2D eigenvalue weighted by atomic mass is 79.9. The summed E-state index contributed by atoms with van der Waals surface area (Å²) in [6.07, 6.45) is 6.69. The fraction of sp³-hybridized carbons (Fsp3) is 0.529. The molecule has 0 aromatic carbocycles. The molecule has 2 aliphatic rings. The summed E-state index contributed by atoms with van der Waals surface area (Å²) in [4.78, 5) is 12.7. The molecule has 2 N–H and O–H groups in total. The summed E-state index contributed by atoms with van der Waals surface area (Å²) in [5, 5.41) is 17.6. The summed E-state index contributed by atoms with van der Waals surface area (Å²) < 4.78 is 5.00. The van der Waals surface area contributed by atoms with Gasteiger partial charge in [-0.2, -0.15) is 5.10 Å². The van der Waals surface area contributed by atoms with Gasteiger partial charge >= 0.3 is 0 Å². The Morgan fingerprint density at radius 2 is 2.33 bits per heavy atom. The van der Waals surface area contributed by atoms with Gasteiger partial charge in [-0.25, -0.2) is 0 Å². The Morgan fingerprint density at radius 3 is 3.12 bits per heavy atom. The molecule has 1 aliphatic heterocycles.